The summed E-state index contributed by atoms with van der Waals surface area (Å²) in [4.78, 5) is 0. The van der Waals surface area contributed by atoms with Gasteiger partial charge in [0, 0.05) is 18.6 Å². The van der Waals surface area contributed by atoms with Crippen LogP contribution < -0.4 is 5.73 Å². The molecule has 1 aliphatic heterocycles. The Kier molecular flexibility index (Phi) is 2.38. The van der Waals surface area contributed by atoms with Crippen LogP contribution in [0.4, 0.5) is 0 Å². The van der Waals surface area contributed by atoms with Gasteiger partial charge in [0.1, 0.15) is 0 Å². The van der Waals surface area contributed by atoms with Crippen LogP contribution in [-0.2, 0) is 0 Å². The van der Waals surface area contributed by atoms with Crippen molar-refractivity contribution in [2.45, 2.75) is 31.8 Å². The molecule has 2 nitrogen and oxygen atoms in total. The maximum absolute atomic E-state index is 5.70. The quantitative estimate of drug-likeness (QED) is 0.532. The largest absolute Gasteiger partial charge is 0.326 e. The zero-order valence-corrected chi connectivity index (χ0v) is 6.64. The lowest BCUT2D eigenvalue weighted by molar-refractivity contribution is 0.430. The summed E-state index contributed by atoms with van der Waals surface area (Å²) in [5.41, 5.74) is 5.70. The van der Waals surface area contributed by atoms with Crippen LogP contribution in [0.25, 0.3) is 0 Å². The Morgan fingerprint density at radius 2 is 2.44 bits per heavy atom. The van der Waals surface area contributed by atoms with Crippen molar-refractivity contribution in [2.75, 3.05) is 6.54 Å². The molecule has 1 aliphatic rings. The molecule has 0 amide bonds. The lowest BCUT2D eigenvalue weighted by Gasteiger charge is -2.14. The van der Waals surface area contributed by atoms with Gasteiger partial charge in [-0.25, -0.2) is 4.31 Å². The van der Waals surface area contributed by atoms with Crippen molar-refractivity contribution >= 4 is 12.8 Å². The van der Waals surface area contributed by atoms with Crippen molar-refractivity contribution in [3.63, 3.8) is 0 Å². The summed E-state index contributed by atoms with van der Waals surface area (Å²) >= 11 is 4.28. The van der Waals surface area contributed by atoms with Crippen molar-refractivity contribution in [2.24, 2.45) is 5.73 Å². The van der Waals surface area contributed by atoms with Crippen LogP contribution in [0.15, 0.2) is 0 Å². The molecule has 3 heteroatoms. The van der Waals surface area contributed by atoms with E-state index in [0.29, 0.717) is 12.1 Å². The predicted molar refractivity (Wildman–Crippen MR) is 42.4 cm³/mol. The first-order valence-corrected chi connectivity index (χ1v) is 3.85. The van der Waals surface area contributed by atoms with Crippen LogP contribution >= 0.6 is 12.8 Å². The fourth-order valence-electron chi connectivity index (χ4n) is 1.31. The first-order chi connectivity index (χ1) is 4.24. The van der Waals surface area contributed by atoms with E-state index >= 15 is 0 Å². The average molecular weight is 146 g/mol. The van der Waals surface area contributed by atoms with Crippen molar-refractivity contribution < 1.29 is 0 Å². The van der Waals surface area contributed by atoms with Crippen molar-refractivity contribution in [3.8, 4) is 0 Å². The Bertz CT molecular complexity index is 97.1. The Morgan fingerprint density at radius 3 is 2.67 bits per heavy atom. The van der Waals surface area contributed by atoms with E-state index in [0.717, 1.165) is 19.4 Å². The fourth-order valence-corrected chi connectivity index (χ4v) is 1.78. The first-order valence-electron chi connectivity index (χ1n) is 3.45. The molecule has 54 valence electrons. The zero-order valence-electron chi connectivity index (χ0n) is 5.75. The predicted octanol–water partition coefficient (Wildman–Crippen LogP) is 0.643. The first kappa shape index (κ1) is 7.38. The second kappa shape index (κ2) is 2.90. The third-order valence-corrected chi connectivity index (χ3v) is 2.38. The van der Waals surface area contributed by atoms with Gasteiger partial charge in [0.25, 0.3) is 0 Å². The van der Waals surface area contributed by atoms with Gasteiger partial charge in [-0.2, -0.15) is 0 Å². The van der Waals surface area contributed by atoms with Gasteiger partial charge in [-0.3, -0.25) is 0 Å². The molecule has 0 aliphatic carbocycles. The highest BCUT2D eigenvalue weighted by atomic mass is 32.1. The van der Waals surface area contributed by atoms with E-state index in [1.165, 1.54) is 0 Å². The highest BCUT2D eigenvalue weighted by Gasteiger charge is 2.25. The maximum Gasteiger partial charge on any atom is 0.0243 e. The maximum atomic E-state index is 5.70. The molecule has 1 fully saturated rings. The molecule has 0 spiro atoms. The van der Waals surface area contributed by atoms with Crippen molar-refractivity contribution in [1.82, 2.24) is 4.31 Å². The summed E-state index contributed by atoms with van der Waals surface area (Å²) in [7, 11) is 0. The van der Waals surface area contributed by atoms with Gasteiger partial charge < -0.3 is 5.73 Å². The number of rotatable bonds is 1. The lowest BCUT2D eigenvalue weighted by Crippen LogP contribution is -2.21. The SMILES string of the molecule is CC[C@@H]1C[C@@H](N)CN1S. The monoisotopic (exact) mass is 146 g/mol. The standard InChI is InChI=1S/C6H14N2S/c1-2-6-3-5(7)4-8(6)9/h5-6,9H,2-4,7H2,1H3/t5-,6-/m1/s1. The highest BCUT2D eigenvalue weighted by molar-refractivity contribution is 7.77. The van der Waals surface area contributed by atoms with Gasteiger partial charge >= 0.3 is 0 Å². The molecule has 1 heterocycles. The molecule has 0 aromatic heterocycles. The Labute approximate surface area is 61.9 Å². The van der Waals surface area contributed by atoms with E-state index in [1.807, 2.05) is 4.31 Å². The van der Waals surface area contributed by atoms with Gasteiger partial charge in [-0.15, -0.1) is 0 Å². The second-order valence-corrected chi connectivity index (χ2v) is 3.19. The Morgan fingerprint density at radius 1 is 1.78 bits per heavy atom. The number of hydrogen-bond acceptors (Lipinski definition) is 3. The normalized spacial score (nSPS) is 37.7. The van der Waals surface area contributed by atoms with E-state index in [1.54, 1.807) is 0 Å². The molecule has 2 N–H and O–H groups in total. The molecular weight excluding hydrogens is 132 g/mol. The summed E-state index contributed by atoms with van der Waals surface area (Å²) in [5, 5.41) is 0. The van der Waals surface area contributed by atoms with Crippen LogP contribution in [0.3, 0.4) is 0 Å². The van der Waals surface area contributed by atoms with Crippen molar-refractivity contribution in [3.05, 3.63) is 0 Å². The van der Waals surface area contributed by atoms with E-state index in [4.69, 9.17) is 5.73 Å². The molecule has 1 saturated heterocycles. The molecule has 0 unspecified atom stereocenters. The minimum atomic E-state index is 0.354. The topological polar surface area (TPSA) is 29.3 Å². The summed E-state index contributed by atoms with van der Waals surface area (Å²) in [6.07, 6.45) is 2.28. The molecule has 1 rings (SSSR count). The third kappa shape index (κ3) is 1.60. The summed E-state index contributed by atoms with van der Waals surface area (Å²) in [6.45, 7) is 3.12. The summed E-state index contributed by atoms with van der Waals surface area (Å²) in [6, 6.07) is 0.968. The van der Waals surface area contributed by atoms with Gasteiger partial charge in [0.15, 0.2) is 0 Å². The van der Waals surface area contributed by atoms with E-state index in [9.17, 15) is 0 Å². The minimum absolute atomic E-state index is 0.354. The van der Waals surface area contributed by atoms with Crippen LogP contribution in [0.2, 0.25) is 0 Å². The zero-order chi connectivity index (χ0) is 6.85. The van der Waals surface area contributed by atoms with Crippen LogP contribution in [0.1, 0.15) is 19.8 Å². The lowest BCUT2D eigenvalue weighted by atomic mass is 10.1. The Hall–Kier alpha value is 0.270. The second-order valence-electron chi connectivity index (χ2n) is 2.68. The molecule has 0 radical (unpaired) electrons. The van der Waals surface area contributed by atoms with Gasteiger partial charge in [0.2, 0.25) is 0 Å². The van der Waals surface area contributed by atoms with Crippen LogP contribution in [0.5, 0.6) is 0 Å². The molecule has 2 atom stereocenters. The molecule has 0 aromatic carbocycles. The van der Waals surface area contributed by atoms with E-state index < -0.39 is 0 Å². The number of hydrogen-bond donors (Lipinski definition) is 2. The number of nitrogens with two attached hydrogens (primary N) is 1. The Balaban J connectivity index is 2.38. The summed E-state index contributed by atoms with van der Waals surface area (Å²) < 4.78 is 2.05. The average Bonchev–Trinajstić information content (AvgIpc) is 2.10. The van der Waals surface area contributed by atoms with E-state index in [-0.39, 0.29) is 0 Å². The molecule has 0 aromatic rings. The van der Waals surface area contributed by atoms with Gasteiger partial charge in [-0.05, 0) is 12.8 Å². The molecule has 9 heavy (non-hydrogen) atoms. The fraction of sp³-hybridized carbons (Fsp3) is 1.00. The highest BCUT2D eigenvalue weighted by Crippen LogP contribution is 2.20. The third-order valence-electron chi connectivity index (χ3n) is 1.89. The number of nitrogens with zero attached hydrogens (tertiary/aromatic N) is 1. The van der Waals surface area contributed by atoms with E-state index in [2.05, 4.69) is 19.7 Å². The van der Waals surface area contributed by atoms with Crippen molar-refractivity contribution in [1.29, 1.82) is 0 Å². The number of thiol groups is 1. The minimum Gasteiger partial charge on any atom is -0.326 e. The summed E-state index contributed by atoms with van der Waals surface area (Å²) in [5.74, 6) is 0. The van der Waals surface area contributed by atoms with Crippen LogP contribution in [0, 0.1) is 0 Å². The molecular formula is C6H14N2S. The van der Waals surface area contributed by atoms with Crippen LogP contribution in [-0.4, -0.2) is 22.9 Å². The van der Waals surface area contributed by atoms with Gasteiger partial charge in [-0.1, -0.05) is 19.7 Å². The van der Waals surface area contributed by atoms with Gasteiger partial charge in [0.05, 0.1) is 0 Å². The molecule has 0 saturated carbocycles. The molecule has 0 bridgehead atoms. The smallest absolute Gasteiger partial charge is 0.0243 e.